The molecule has 0 atom stereocenters. The number of rotatable bonds is 5. The highest BCUT2D eigenvalue weighted by Gasteiger charge is 2.02. The molecule has 1 aromatic rings. The summed E-state index contributed by atoms with van der Waals surface area (Å²) >= 11 is 0. The Kier molecular flexibility index (Phi) is 8.55. The molecule has 0 spiro atoms. The van der Waals surface area contributed by atoms with Crippen LogP contribution in [0.1, 0.15) is 20.8 Å². The van der Waals surface area contributed by atoms with Crippen LogP contribution in [-0.2, 0) is 9.53 Å². The number of carbonyl (C=O) groups excluding carboxylic acids is 1. The van der Waals surface area contributed by atoms with Crippen molar-refractivity contribution in [1.29, 1.82) is 0 Å². The molecule has 96 valence electrons. The fourth-order valence-corrected chi connectivity index (χ4v) is 1.02. The van der Waals surface area contributed by atoms with E-state index in [0.717, 1.165) is 5.75 Å². The van der Waals surface area contributed by atoms with Gasteiger partial charge in [-0.2, -0.15) is 0 Å². The van der Waals surface area contributed by atoms with Crippen LogP contribution in [0.5, 0.6) is 11.5 Å². The zero-order valence-corrected chi connectivity index (χ0v) is 10.9. The molecule has 0 aromatic heterocycles. The summed E-state index contributed by atoms with van der Waals surface area (Å²) in [6, 6.07) is 7.00. The van der Waals surface area contributed by atoms with Crippen LogP contribution in [0.15, 0.2) is 24.3 Å². The second kappa shape index (κ2) is 9.51. The monoisotopic (exact) mass is 240 g/mol. The number of hydrogen-bond acceptors (Lipinski definition) is 4. The van der Waals surface area contributed by atoms with Gasteiger partial charge in [-0.3, -0.25) is 0 Å². The first-order chi connectivity index (χ1) is 8.26. The van der Waals surface area contributed by atoms with Crippen LogP contribution < -0.4 is 9.47 Å². The lowest BCUT2D eigenvalue weighted by molar-refractivity contribution is -0.145. The third-order valence-electron chi connectivity index (χ3n) is 1.72. The van der Waals surface area contributed by atoms with E-state index >= 15 is 0 Å². The SMILES string of the molecule is CC.CCOC(=O)COc1ccc(OC)cc1. The Balaban J connectivity index is 0.00000121. The normalized spacial score (nSPS) is 8.71. The van der Waals surface area contributed by atoms with Gasteiger partial charge in [-0.1, -0.05) is 13.8 Å². The number of ether oxygens (including phenoxy) is 3. The highest BCUT2D eigenvalue weighted by atomic mass is 16.6. The smallest absolute Gasteiger partial charge is 0.344 e. The maximum Gasteiger partial charge on any atom is 0.344 e. The van der Waals surface area contributed by atoms with Crippen LogP contribution in [0, 0.1) is 0 Å². The maximum absolute atomic E-state index is 11.0. The fraction of sp³-hybridized carbons (Fsp3) is 0.462. The zero-order valence-electron chi connectivity index (χ0n) is 10.9. The van der Waals surface area contributed by atoms with Crippen molar-refractivity contribution in [2.45, 2.75) is 20.8 Å². The topological polar surface area (TPSA) is 44.8 Å². The standard InChI is InChI=1S/C11H14O4.C2H6/c1-3-14-11(12)8-15-10-6-4-9(13-2)5-7-10;1-2/h4-7H,3,8H2,1-2H3;1-2H3. The summed E-state index contributed by atoms with van der Waals surface area (Å²) in [6.45, 7) is 6.05. The van der Waals surface area contributed by atoms with Crippen molar-refractivity contribution in [2.75, 3.05) is 20.3 Å². The van der Waals surface area contributed by atoms with Gasteiger partial charge in [-0.15, -0.1) is 0 Å². The molecule has 17 heavy (non-hydrogen) atoms. The van der Waals surface area contributed by atoms with Crippen molar-refractivity contribution in [3.8, 4) is 11.5 Å². The van der Waals surface area contributed by atoms with Gasteiger partial charge in [0.05, 0.1) is 13.7 Å². The molecular formula is C13H20O4. The molecule has 0 fully saturated rings. The molecule has 0 amide bonds. The average Bonchev–Trinajstić information content (AvgIpc) is 2.40. The molecule has 0 saturated heterocycles. The van der Waals surface area contributed by atoms with E-state index in [9.17, 15) is 4.79 Å². The van der Waals surface area contributed by atoms with Crippen molar-refractivity contribution in [1.82, 2.24) is 0 Å². The Hall–Kier alpha value is -1.71. The second-order valence-electron chi connectivity index (χ2n) is 2.77. The molecule has 0 saturated carbocycles. The summed E-state index contributed by atoms with van der Waals surface area (Å²) in [5.74, 6) is 0.996. The lowest BCUT2D eigenvalue weighted by atomic mass is 10.3. The summed E-state index contributed by atoms with van der Waals surface area (Å²) < 4.78 is 14.9. The summed E-state index contributed by atoms with van der Waals surface area (Å²) in [4.78, 5) is 11.0. The van der Waals surface area contributed by atoms with Gasteiger partial charge >= 0.3 is 5.97 Å². The minimum Gasteiger partial charge on any atom is -0.497 e. The lowest BCUT2D eigenvalue weighted by Gasteiger charge is -2.06. The molecule has 0 aliphatic rings. The van der Waals surface area contributed by atoms with E-state index in [1.807, 2.05) is 13.8 Å². The Morgan fingerprint density at radius 1 is 1.12 bits per heavy atom. The molecule has 0 bridgehead atoms. The summed E-state index contributed by atoms with van der Waals surface area (Å²) in [7, 11) is 1.59. The van der Waals surface area contributed by atoms with Crippen molar-refractivity contribution >= 4 is 5.97 Å². The second-order valence-corrected chi connectivity index (χ2v) is 2.77. The van der Waals surface area contributed by atoms with Crippen molar-refractivity contribution in [2.24, 2.45) is 0 Å². The molecule has 4 heteroatoms. The maximum atomic E-state index is 11.0. The van der Waals surface area contributed by atoms with Crippen LogP contribution >= 0.6 is 0 Å². The molecule has 0 heterocycles. The van der Waals surface area contributed by atoms with Crippen LogP contribution in [0.25, 0.3) is 0 Å². The van der Waals surface area contributed by atoms with Crippen molar-refractivity contribution in [3.63, 3.8) is 0 Å². The Morgan fingerprint density at radius 3 is 2.12 bits per heavy atom. The molecule has 0 unspecified atom stereocenters. The number of carbonyl (C=O) groups is 1. The predicted molar refractivity (Wildman–Crippen MR) is 66.5 cm³/mol. The summed E-state index contributed by atoms with van der Waals surface area (Å²) in [6.07, 6.45) is 0. The van der Waals surface area contributed by atoms with Gasteiger partial charge in [0.15, 0.2) is 6.61 Å². The summed E-state index contributed by atoms with van der Waals surface area (Å²) in [5, 5.41) is 0. The Labute approximate surface area is 102 Å². The van der Waals surface area contributed by atoms with E-state index in [1.165, 1.54) is 0 Å². The van der Waals surface area contributed by atoms with Crippen LogP contribution in [-0.4, -0.2) is 26.3 Å². The van der Waals surface area contributed by atoms with Gasteiger partial charge in [0.2, 0.25) is 0 Å². The van der Waals surface area contributed by atoms with E-state index in [0.29, 0.717) is 12.4 Å². The van der Waals surface area contributed by atoms with E-state index in [2.05, 4.69) is 0 Å². The van der Waals surface area contributed by atoms with Crippen LogP contribution in [0.4, 0.5) is 0 Å². The minimum atomic E-state index is -0.367. The highest BCUT2D eigenvalue weighted by molar-refractivity contribution is 5.71. The van der Waals surface area contributed by atoms with Gasteiger partial charge in [0.25, 0.3) is 0 Å². The predicted octanol–water partition coefficient (Wildman–Crippen LogP) is 2.66. The number of methoxy groups -OCH3 is 1. The van der Waals surface area contributed by atoms with Gasteiger partial charge in [0.1, 0.15) is 11.5 Å². The quantitative estimate of drug-likeness (QED) is 0.742. The fourth-order valence-electron chi connectivity index (χ4n) is 1.02. The first-order valence-electron chi connectivity index (χ1n) is 5.68. The Morgan fingerprint density at radius 2 is 1.65 bits per heavy atom. The third-order valence-corrected chi connectivity index (χ3v) is 1.72. The molecule has 1 rings (SSSR count). The molecule has 0 aliphatic carbocycles. The van der Waals surface area contributed by atoms with E-state index < -0.39 is 0 Å². The van der Waals surface area contributed by atoms with Crippen LogP contribution in [0.3, 0.4) is 0 Å². The van der Waals surface area contributed by atoms with Crippen molar-refractivity contribution < 1.29 is 19.0 Å². The van der Waals surface area contributed by atoms with Crippen molar-refractivity contribution in [3.05, 3.63) is 24.3 Å². The number of hydrogen-bond donors (Lipinski definition) is 0. The average molecular weight is 240 g/mol. The van der Waals surface area contributed by atoms with Gasteiger partial charge in [-0.05, 0) is 31.2 Å². The molecule has 0 radical (unpaired) electrons. The van der Waals surface area contributed by atoms with Crippen LogP contribution in [0.2, 0.25) is 0 Å². The molecule has 0 N–H and O–H groups in total. The third kappa shape index (κ3) is 6.45. The lowest BCUT2D eigenvalue weighted by Crippen LogP contribution is -2.14. The van der Waals surface area contributed by atoms with E-state index in [1.54, 1.807) is 38.3 Å². The first-order valence-corrected chi connectivity index (χ1v) is 5.68. The first kappa shape index (κ1) is 15.3. The van der Waals surface area contributed by atoms with E-state index in [4.69, 9.17) is 14.2 Å². The largest absolute Gasteiger partial charge is 0.497 e. The number of benzene rings is 1. The highest BCUT2D eigenvalue weighted by Crippen LogP contribution is 2.16. The molecular weight excluding hydrogens is 220 g/mol. The number of esters is 1. The minimum absolute atomic E-state index is 0.0693. The summed E-state index contributed by atoms with van der Waals surface area (Å²) in [5.41, 5.74) is 0. The zero-order chi connectivity index (χ0) is 13.1. The Bertz CT molecular complexity index is 306. The molecule has 1 aromatic carbocycles. The molecule has 0 aliphatic heterocycles. The van der Waals surface area contributed by atoms with Gasteiger partial charge in [0, 0.05) is 0 Å². The van der Waals surface area contributed by atoms with Gasteiger partial charge in [-0.25, -0.2) is 4.79 Å². The van der Waals surface area contributed by atoms with Gasteiger partial charge < -0.3 is 14.2 Å². The van der Waals surface area contributed by atoms with E-state index in [-0.39, 0.29) is 12.6 Å². The molecule has 4 nitrogen and oxygen atoms in total.